The van der Waals surface area contributed by atoms with Crippen LogP contribution >= 0.6 is 0 Å². The molecule has 2 aliphatic carbocycles. The van der Waals surface area contributed by atoms with Crippen molar-refractivity contribution in [1.29, 1.82) is 0 Å². The highest BCUT2D eigenvalue weighted by atomic mass is 19.4. The Morgan fingerprint density at radius 1 is 1.11 bits per heavy atom. The fraction of sp³-hybridized carbons (Fsp3) is 0.375. The molecule has 2 fully saturated rings. The second-order valence-electron chi connectivity index (χ2n) is 12.0. The second-order valence-corrected chi connectivity index (χ2v) is 12.0. The summed E-state index contributed by atoms with van der Waals surface area (Å²) >= 11 is 0. The number of hydrogen-bond donors (Lipinski definition) is 2. The van der Waals surface area contributed by atoms with Crippen LogP contribution in [0.25, 0.3) is 22.2 Å². The zero-order valence-electron chi connectivity index (χ0n) is 24.1. The maximum absolute atomic E-state index is 15.8. The normalized spacial score (nSPS) is 20.7. The molecule has 0 bridgehead atoms. The van der Waals surface area contributed by atoms with Gasteiger partial charge in [-0.15, -0.1) is 0 Å². The molecule has 2 aromatic carbocycles. The molecule has 7 rings (SSSR count). The summed E-state index contributed by atoms with van der Waals surface area (Å²) in [4.78, 5) is 29.5. The third kappa shape index (κ3) is 5.13. The minimum absolute atomic E-state index is 0.0251. The van der Waals surface area contributed by atoms with Crippen molar-refractivity contribution in [3.63, 3.8) is 0 Å². The van der Waals surface area contributed by atoms with Crippen molar-refractivity contribution in [2.45, 2.75) is 68.1 Å². The van der Waals surface area contributed by atoms with Gasteiger partial charge >= 0.3 is 6.18 Å². The number of carbonyl (C=O) groups is 2. The summed E-state index contributed by atoms with van der Waals surface area (Å²) in [5, 5.41) is 16.5. The molecule has 0 saturated heterocycles. The first-order valence-corrected chi connectivity index (χ1v) is 14.7. The van der Waals surface area contributed by atoms with Crippen molar-refractivity contribution >= 4 is 22.6 Å². The van der Waals surface area contributed by atoms with E-state index in [0.717, 1.165) is 37.8 Å². The van der Waals surface area contributed by atoms with Crippen molar-refractivity contribution in [2.75, 3.05) is 6.61 Å². The van der Waals surface area contributed by atoms with E-state index in [2.05, 4.69) is 10.1 Å². The molecule has 3 aliphatic rings. The molecule has 1 aliphatic heterocycles. The topological polar surface area (TPSA) is 130 Å². The maximum atomic E-state index is 15.8. The van der Waals surface area contributed by atoms with Crippen LogP contribution in [-0.2, 0) is 16.1 Å². The van der Waals surface area contributed by atoms with Crippen molar-refractivity contribution in [3.05, 3.63) is 71.3 Å². The number of pyridine rings is 1. The molecule has 14 heteroatoms. The van der Waals surface area contributed by atoms with Gasteiger partial charge in [0.15, 0.2) is 11.5 Å². The Kier molecular flexibility index (Phi) is 6.85. The van der Waals surface area contributed by atoms with Gasteiger partial charge < -0.3 is 20.3 Å². The molecule has 2 saturated carbocycles. The number of benzene rings is 2. The van der Waals surface area contributed by atoms with Gasteiger partial charge in [0.25, 0.3) is 11.6 Å². The third-order valence-electron chi connectivity index (χ3n) is 8.58. The van der Waals surface area contributed by atoms with Gasteiger partial charge in [0.05, 0.1) is 17.8 Å². The molecule has 0 unspecified atom stereocenters. The van der Waals surface area contributed by atoms with Crippen molar-refractivity contribution in [2.24, 2.45) is 5.73 Å². The summed E-state index contributed by atoms with van der Waals surface area (Å²) in [6, 6.07) is 8.15. The molecular weight excluding hydrogens is 615 g/mol. The summed E-state index contributed by atoms with van der Waals surface area (Å²) in [7, 11) is 0. The van der Waals surface area contributed by atoms with Crippen LogP contribution < -0.4 is 15.2 Å². The molecule has 2 atom stereocenters. The number of primary amides is 1. The smallest absolute Gasteiger partial charge is 0.422 e. The number of ether oxygens (including phenoxy) is 2. The SMILES string of the molecule is NC(=O)[C@@]1(F)COc2c1cc([C@@](O)(CCC(=O)c1cc(OC3CC3)c3nn(C4CC4)cc3c1)C(F)(F)F)nc2-c1ccc(F)cc1. The summed E-state index contributed by atoms with van der Waals surface area (Å²) in [6.45, 7) is -0.939. The number of amides is 1. The van der Waals surface area contributed by atoms with Crippen molar-refractivity contribution in [1.82, 2.24) is 14.8 Å². The summed E-state index contributed by atoms with van der Waals surface area (Å²) in [5.41, 5.74) is -3.04. The van der Waals surface area contributed by atoms with E-state index in [-0.39, 0.29) is 34.7 Å². The maximum Gasteiger partial charge on any atom is 0.422 e. The number of ketones is 1. The zero-order chi connectivity index (χ0) is 32.6. The van der Waals surface area contributed by atoms with Gasteiger partial charge in [-0.05, 0) is 74.6 Å². The van der Waals surface area contributed by atoms with Gasteiger partial charge in [0, 0.05) is 34.7 Å². The number of fused-ring (bicyclic) bond motifs is 2. The number of aromatic nitrogens is 3. The average Bonchev–Trinajstić information content (AvgIpc) is 3.95. The highest BCUT2D eigenvalue weighted by Gasteiger charge is 2.58. The Bertz CT molecular complexity index is 1890. The minimum Gasteiger partial charge on any atom is -0.488 e. The Labute approximate surface area is 258 Å². The van der Waals surface area contributed by atoms with Crippen LogP contribution in [0.1, 0.15) is 66.2 Å². The first kappa shape index (κ1) is 30.1. The van der Waals surface area contributed by atoms with E-state index in [0.29, 0.717) is 22.7 Å². The number of rotatable bonds is 10. The number of alkyl halides is 4. The first-order chi connectivity index (χ1) is 21.8. The monoisotopic (exact) mass is 642 g/mol. The Morgan fingerprint density at radius 3 is 2.46 bits per heavy atom. The summed E-state index contributed by atoms with van der Waals surface area (Å²) < 4.78 is 86.8. The van der Waals surface area contributed by atoms with Crippen LogP contribution in [0, 0.1) is 5.82 Å². The number of nitrogens with zero attached hydrogens (tertiary/aromatic N) is 3. The van der Waals surface area contributed by atoms with E-state index in [9.17, 15) is 32.3 Å². The van der Waals surface area contributed by atoms with Crippen molar-refractivity contribution < 1.29 is 46.1 Å². The molecule has 3 N–H and O–H groups in total. The predicted octanol–water partition coefficient (Wildman–Crippen LogP) is 5.57. The summed E-state index contributed by atoms with van der Waals surface area (Å²) in [5.74, 6) is -2.93. The molecule has 0 spiro atoms. The number of Topliss-reactive ketones (excluding diaryl/α,β-unsaturated/α-hetero) is 1. The highest BCUT2D eigenvalue weighted by molar-refractivity contribution is 6.01. The van der Waals surface area contributed by atoms with Crippen LogP contribution in [0.3, 0.4) is 0 Å². The second kappa shape index (κ2) is 10.5. The lowest BCUT2D eigenvalue weighted by Crippen LogP contribution is -2.44. The van der Waals surface area contributed by atoms with Crippen molar-refractivity contribution in [3.8, 4) is 22.8 Å². The number of nitrogens with two attached hydrogens (primary N) is 1. The minimum atomic E-state index is -5.41. The lowest BCUT2D eigenvalue weighted by atomic mass is 9.86. The summed E-state index contributed by atoms with van der Waals surface area (Å²) in [6.07, 6.45) is -2.08. The van der Waals surface area contributed by atoms with E-state index in [1.165, 1.54) is 24.3 Å². The molecule has 2 aromatic heterocycles. The lowest BCUT2D eigenvalue weighted by molar-refractivity contribution is -0.270. The van der Waals surface area contributed by atoms with E-state index in [1.807, 2.05) is 0 Å². The third-order valence-corrected chi connectivity index (χ3v) is 8.58. The predicted molar refractivity (Wildman–Crippen MR) is 152 cm³/mol. The number of halogens is 5. The molecule has 46 heavy (non-hydrogen) atoms. The fourth-order valence-electron chi connectivity index (χ4n) is 5.56. The quantitative estimate of drug-likeness (QED) is 0.171. The molecule has 1 amide bonds. The van der Waals surface area contributed by atoms with Crippen LogP contribution in [0.4, 0.5) is 22.0 Å². The fourth-order valence-corrected chi connectivity index (χ4v) is 5.56. The van der Waals surface area contributed by atoms with E-state index >= 15 is 4.39 Å². The molecule has 0 radical (unpaired) electrons. The first-order valence-electron chi connectivity index (χ1n) is 14.7. The van der Waals surface area contributed by atoms with Gasteiger partial charge in [-0.3, -0.25) is 14.3 Å². The molecule has 9 nitrogen and oxygen atoms in total. The lowest BCUT2D eigenvalue weighted by Gasteiger charge is -2.31. The van der Waals surface area contributed by atoms with Crippen LogP contribution in [0.2, 0.25) is 0 Å². The van der Waals surface area contributed by atoms with Crippen LogP contribution in [0.15, 0.2) is 48.7 Å². The molecule has 3 heterocycles. The number of hydrogen-bond acceptors (Lipinski definition) is 7. The molecular formula is C32H27F5N4O5. The van der Waals surface area contributed by atoms with Gasteiger partial charge in [0.1, 0.15) is 29.4 Å². The zero-order valence-corrected chi connectivity index (χ0v) is 24.1. The Morgan fingerprint density at radius 2 is 1.83 bits per heavy atom. The highest BCUT2D eigenvalue weighted by Crippen LogP contribution is 2.50. The van der Waals surface area contributed by atoms with Gasteiger partial charge in [0.2, 0.25) is 5.60 Å². The molecule has 240 valence electrons. The van der Waals surface area contributed by atoms with Crippen LogP contribution in [-0.4, -0.2) is 50.4 Å². The van der Waals surface area contributed by atoms with E-state index in [1.54, 1.807) is 10.9 Å². The van der Waals surface area contributed by atoms with Gasteiger partial charge in [-0.1, -0.05) is 0 Å². The van der Waals surface area contributed by atoms with Gasteiger partial charge in [-0.25, -0.2) is 13.8 Å². The largest absolute Gasteiger partial charge is 0.488 e. The van der Waals surface area contributed by atoms with E-state index < -0.39 is 65.7 Å². The van der Waals surface area contributed by atoms with Gasteiger partial charge in [-0.2, -0.15) is 18.3 Å². The Hall–Kier alpha value is -4.59. The molecule has 4 aromatic rings. The van der Waals surface area contributed by atoms with Crippen LogP contribution in [0.5, 0.6) is 11.5 Å². The van der Waals surface area contributed by atoms with E-state index in [4.69, 9.17) is 15.2 Å². The standard InChI is InChI=1S/C32H27F5N4O5/c33-19-3-1-16(2-4-19)27-28-22(30(34,15-45-28)29(38)43)13-25(39-27)31(44,32(35,36)37)10-9-23(42)17-11-18-14-41(20-5-6-20)40-26(18)24(12-17)46-21-7-8-21/h1-4,11-14,20-21,44H,5-10,15H2,(H2,38,43)/t30-,31+/m1/s1. The average molecular weight is 643 g/mol. The number of aliphatic hydroxyl groups is 1. The number of carbonyl (C=O) groups excluding carboxylic acids is 2. The Balaban J connectivity index is 1.26.